The van der Waals surface area contributed by atoms with Crippen LogP contribution in [0.15, 0.2) is 18.9 Å². The Morgan fingerprint density at radius 2 is 2.44 bits per heavy atom. The molecule has 16 heavy (non-hydrogen) atoms. The van der Waals surface area contributed by atoms with Crippen LogP contribution in [0.25, 0.3) is 0 Å². The number of aromatic nitrogens is 2. The van der Waals surface area contributed by atoms with Crippen LogP contribution in [0.4, 0.5) is 5.95 Å². The van der Waals surface area contributed by atoms with Crippen LogP contribution < -0.4 is 5.32 Å². The zero-order chi connectivity index (χ0) is 11.5. The molecule has 1 saturated carbocycles. The lowest BCUT2D eigenvalue weighted by molar-refractivity contribution is 0.497. The standard InChI is InChI=1S/C13H21N3/c1-4-7-14-13-15-11(3)9-16(13)12-6-5-10(2)8-12/h4,9-10,12H,1,5-8H2,2-3H3,(H,14,15). The Balaban J connectivity index is 2.15. The molecular weight excluding hydrogens is 198 g/mol. The molecule has 1 heterocycles. The summed E-state index contributed by atoms with van der Waals surface area (Å²) < 4.78 is 2.31. The van der Waals surface area contributed by atoms with Crippen LogP contribution in [0.1, 0.15) is 37.9 Å². The van der Waals surface area contributed by atoms with Gasteiger partial charge in [-0.2, -0.15) is 0 Å². The molecular formula is C13H21N3. The summed E-state index contributed by atoms with van der Waals surface area (Å²) in [4.78, 5) is 4.52. The minimum atomic E-state index is 0.628. The zero-order valence-electron chi connectivity index (χ0n) is 10.2. The van der Waals surface area contributed by atoms with Gasteiger partial charge >= 0.3 is 0 Å². The van der Waals surface area contributed by atoms with E-state index in [2.05, 4.69) is 34.6 Å². The summed E-state index contributed by atoms with van der Waals surface area (Å²) in [7, 11) is 0. The number of hydrogen-bond donors (Lipinski definition) is 1. The molecule has 0 saturated heterocycles. The van der Waals surface area contributed by atoms with E-state index in [0.717, 1.165) is 24.1 Å². The van der Waals surface area contributed by atoms with E-state index in [-0.39, 0.29) is 0 Å². The van der Waals surface area contributed by atoms with Crippen molar-refractivity contribution in [3.05, 3.63) is 24.5 Å². The third-order valence-corrected chi connectivity index (χ3v) is 3.32. The summed E-state index contributed by atoms with van der Waals surface area (Å²) in [6.07, 6.45) is 7.92. The Kier molecular flexibility index (Phi) is 3.32. The highest BCUT2D eigenvalue weighted by Gasteiger charge is 2.24. The summed E-state index contributed by atoms with van der Waals surface area (Å²) in [6.45, 7) is 8.88. The molecule has 2 rings (SSSR count). The second kappa shape index (κ2) is 4.73. The van der Waals surface area contributed by atoms with Gasteiger partial charge in [-0.05, 0) is 32.1 Å². The first-order valence-electron chi connectivity index (χ1n) is 6.11. The van der Waals surface area contributed by atoms with Gasteiger partial charge in [-0.1, -0.05) is 13.0 Å². The van der Waals surface area contributed by atoms with E-state index in [1.807, 2.05) is 13.0 Å². The Hall–Kier alpha value is -1.25. The summed E-state index contributed by atoms with van der Waals surface area (Å²) in [5, 5.41) is 3.31. The van der Waals surface area contributed by atoms with Gasteiger partial charge in [-0.15, -0.1) is 6.58 Å². The third-order valence-electron chi connectivity index (χ3n) is 3.32. The fourth-order valence-electron chi connectivity index (χ4n) is 2.52. The van der Waals surface area contributed by atoms with Crippen molar-refractivity contribution in [2.45, 2.75) is 39.2 Å². The Labute approximate surface area is 97.6 Å². The van der Waals surface area contributed by atoms with Gasteiger partial charge in [-0.3, -0.25) is 0 Å². The monoisotopic (exact) mass is 219 g/mol. The first-order chi connectivity index (χ1) is 7.70. The molecule has 3 heteroatoms. The van der Waals surface area contributed by atoms with E-state index in [9.17, 15) is 0 Å². The average Bonchev–Trinajstić information content (AvgIpc) is 2.81. The quantitative estimate of drug-likeness (QED) is 0.788. The second-order valence-corrected chi connectivity index (χ2v) is 4.85. The van der Waals surface area contributed by atoms with E-state index >= 15 is 0 Å². The van der Waals surface area contributed by atoms with Gasteiger partial charge < -0.3 is 9.88 Å². The fraction of sp³-hybridized carbons (Fsp3) is 0.615. The predicted octanol–water partition coefficient (Wildman–Crippen LogP) is 3.15. The molecule has 88 valence electrons. The molecule has 1 fully saturated rings. The van der Waals surface area contributed by atoms with E-state index < -0.39 is 0 Å². The normalized spacial score (nSPS) is 24.6. The van der Waals surface area contributed by atoms with Gasteiger partial charge in [-0.25, -0.2) is 4.98 Å². The minimum absolute atomic E-state index is 0.628. The highest BCUT2D eigenvalue weighted by atomic mass is 15.2. The lowest BCUT2D eigenvalue weighted by Crippen LogP contribution is -2.10. The lowest BCUT2D eigenvalue weighted by atomic mass is 10.1. The summed E-state index contributed by atoms with van der Waals surface area (Å²) >= 11 is 0. The van der Waals surface area contributed by atoms with Crippen molar-refractivity contribution < 1.29 is 0 Å². The molecule has 1 aliphatic carbocycles. The van der Waals surface area contributed by atoms with E-state index in [1.54, 1.807) is 0 Å². The molecule has 2 unspecified atom stereocenters. The van der Waals surface area contributed by atoms with E-state index in [4.69, 9.17) is 0 Å². The number of nitrogens with zero attached hydrogens (tertiary/aromatic N) is 2. The Morgan fingerprint density at radius 1 is 1.62 bits per heavy atom. The largest absolute Gasteiger partial charge is 0.352 e. The predicted molar refractivity (Wildman–Crippen MR) is 67.7 cm³/mol. The second-order valence-electron chi connectivity index (χ2n) is 4.85. The van der Waals surface area contributed by atoms with Crippen molar-refractivity contribution in [1.82, 2.24) is 9.55 Å². The molecule has 1 aromatic heterocycles. The highest BCUT2D eigenvalue weighted by Crippen LogP contribution is 2.35. The smallest absolute Gasteiger partial charge is 0.203 e. The van der Waals surface area contributed by atoms with E-state index in [1.165, 1.54) is 19.3 Å². The van der Waals surface area contributed by atoms with Crippen molar-refractivity contribution in [2.75, 3.05) is 11.9 Å². The topological polar surface area (TPSA) is 29.9 Å². The Bertz CT molecular complexity index is 367. The number of anilines is 1. The van der Waals surface area contributed by atoms with E-state index in [0.29, 0.717) is 6.04 Å². The van der Waals surface area contributed by atoms with Crippen molar-refractivity contribution >= 4 is 5.95 Å². The zero-order valence-corrected chi connectivity index (χ0v) is 10.2. The van der Waals surface area contributed by atoms with Crippen LogP contribution in [-0.2, 0) is 0 Å². The molecule has 0 amide bonds. The maximum atomic E-state index is 4.52. The van der Waals surface area contributed by atoms with Crippen LogP contribution in [0.5, 0.6) is 0 Å². The first-order valence-corrected chi connectivity index (χ1v) is 6.11. The Morgan fingerprint density at radius 3 is 3.06 bits per heavy atom. The minimum Gasteiger partial charge on any atom is -0.352 e. The third kappa shape index (κ3) is 2.29. The summed E-state index contributed by atoms with van der Waals surface area (Å²) in [5.41, 5.74) is 1.09. The maximum Gasteiger partial charge on any atom is 0.203 e. The number of hydrogen-bond acceptors (Lipinski definition) is 2. The molecule has 1 N–H and O–H groups in total. The van der Waals surface area contributed by atoms with Crippen molar-refractivity contribution in [3.63, 3.8) is 0 Å². The molecule has 0 spiro atoms. The van der Waals surface area contributed by atoms with Crippen LogP contribution in [0.2, 0.25) is 0 Å². The van der Waals surface area contributed by atoms with Crippen molar-refractivity contribution in [3.8, 4) is 0 Å². The average molecular weight is 219 g/mol. The first kappa shape index (κ1) is 11.2. The van der Waals surface area contributed by atoms with Crippen LogP contribution in [0.3, 0.4) is 0 Å². The van der Waals surface area contributed by atoms with Crippen LogP contribution in [0, 0.1) is 12.8 Å². The fourth-order valence-corrected chi connectivity index (χ4v) is 2.52. The molecule has 2 atom stereocenters. The van der Waals surface area contributed by atoms with Gasteiger partial charge in [0.1, 0.15) is 0 Å². The summed E-state index contributed by atoms with van der Waals surface area (Å²) in [6, 6.07) is 0.628. The number of aryl methyl sites for hydroxylation is 1. The maximum absolute atomic E-state index is 4.52. The lowest BCUT2D eigenvalue weighted by Gasteiger charge is -2.15. The molecule has 0 aliphatic heterocycles. The van der Waals surface area contributed by atoms with Gasteiger partial charge in [0, 0.05) is 18.8 Å². The van der Waals surface area contributed by atoms with Crippen LogP contribution >= 0.6 is 0 Å². The number of imidazole rings is 1. The van der Waals surface area contributed by atoms with Gasteiger partial charge in [0.25, 0.3) is 0 Å². The highest BCUT2D eigenvalue weighted by molar-refractivity contribution is 5.30. The van der Waals surface area contributed by atoms with Crippen molar-refractivity contribution in [1.29, 1.82) is 0 Å². The number of rotatable bonds is 4. The van der Waals surface area contributed by atoms with Gasteiger partial charge in [0.15, 0.2) is 0 Å². The molecule has 1 aromatic rings. The van der Waals surface area contributed by atoms with Crippen molar-refractivity contribution in [2.24, 2.45) is 5.92 Å². The molecule has 0 radical (unpaired) electrons. The number of nitrogens with one attached hydrogen (secondary N) is 1. The van der Waals surface area contributed by atoms with Gasteiger partial charge in [0.05, 0.1) is 5.69 Å². The molecule has 1 aliphatic rings. The molecule has 0 bridgehead atoms. The molecule has 3 nitrogen and oxygen atoms in total. The van der Waals surface area contributed by atoms with Crippen LogP contribution in [-0.4, -0.2) is 16.1 Å². The summed E-state index contributed by atoms with van der Waals surface area (Å²) in [5.74, 6) is 1.84. The molecule has 0 aromatic carbocycles. The SMILES string of the molecule is C=CCNc1nc(C)cn1C1CCC(C)C1. The van der Waals surface area contributed by atoms with Gasteiger partial charge in [0.2, 0.25) is 5.95 Å².